The Hall–Kier alpha value is -1.69. The molecule has 0 radical (unpaired) electrons. The lowest BCUT2D eigenvalue weighted by atomic mass is 9.82. The fraction of sp³-hybridized carbons (Fsp3) is 0.615. The van der Waals surface area contributed by atoms with Crippen molar-refractivity contribution in [3.8, 4) is 0 Å². The molecule has 1 aromatic rings. The molecule has 0 spiro atoms. The maximum atomic E-state index is 10.9. The summed E-state index contributed by atoms with van der Waals surface area (Å²) in [5.41, 5.74) is 0.604. The maximum Gasteiger partial charge on any atom is 0.339 e. The predicted molar refractivity (Wildman–Crippen MR) is 70.4 cm³/mol. The number of aryl methyl sites for hydroxylation is 1. The van der Waals surface area contributed by atoms with Gasteiger partial charge in [0.15, 0.2) is 0 Å². The van der Waals surface area contributed by atoms with Crippen molar-refractivity contribution in [3.63, 3.8) is 0 Å². The third kappa shape index (κ3) is 3.01. The summed E-state index contributed by atoms with van der Waals surface area (Å²) in [4.78, 5) is 19.2. The molecule has 1 unspecified atom stereocenters. The normalized spacial score (nSPS) is 21.9. The average Bonchev–Trinajstić information content (AvgIpc) is 2.31. The Labute approximate surface area is 112 Å². The Bertz CT molecular complexity index is 488. The molecule has 1 atom stereocenters. The van der Waals surface area contributed by atoms with Crippen LogP contribution in [0.25, 0.3) is 0 Å². The molecule has 6 heteroatoms. The Morgan fingerprint density at radius 1 is 1.58 bits per heavy atom. The van der Waals surface area contributed by atoms with E-state index in [0.29, 0.717) is 24.9 Å². The number of hydrogen-bond donors (Lipinski definition) is 2. The number of carbonyl (C=O) groups is 1. The quantitative estimate of drug-likeness (QED) is 0.865. The molecule has 1 fully saturated rings. The minimum Gasteiger partial charge on any atom is -0.478 e. The summed E-state index contributed by atoms with van der Waals surface area (Å²) in [6, 6.07) is 0.219. The van der Waals surface area contributed by atoms with Crippen LogP contribution < -0.4 is 5.32 Å². The van der Waals surface area contributed by atoms with Crippen molar-refractivity contribution in [2.24, 2.45) is 5.41 Å². The Balaban J connectivity index is 2.15. The van der Waals surface area contributed by atoms with E-state index >= 15 is 0 Å². The molecular weight excluding hydrogens is 246 g/mol. The zero-order chi connectivity index (χ0) is 14.0. The first-order valence-corrected chi connectivity index (χ1v) is 6.31. The molecule has 19 heavy (non-hydrogen) atoms. The molecule has 1 aromatic heterocycles. The van der Waals surface area contributed by atoms with Crippen LogP contribution in [0.1, 0.15) is 36.3 Å². The highest BCUT2D eigenvalue weighted by Crippen LogP contribution is 2.29. The van der Waals surface area contributed by atoms with Gasteiger partial charge in [-0.25, -0.2) is 14.8 Å². The number of anilines is 1. The maximum absolute atomic E-state index is 10.9. The first-order chi connectivity index (χ1) is 8.90. The van der Waals surface area contributed by atoms with E-state index in [-0.39, 0.29) is 17.0 Å². The van der Waals surface area contributed by atoms with Gasteiger partial charge in [-0.15, -0.1) is 0 Å². The molecule has 1 saturated heterocycles. The molecule has 2 rings (SSSR count). The second-order valence-electron chi connectivity index (χ2n) is 5.52. The van der Waals surface area contributed by atoms with Crippen LogP contribution in [-0.4, -0.2) is 40.3 Å². The van der Waals surface area contributed by atoms with Gasteiger partial charge in [-0.2, -0.15) is 0 Å². The Morgan fingerprint density at radius 3 is 2.89 bits per heavy atom. The molecule has 0 saturated carbocycles. The highest BCUT2D eigenvalue weighted by atomic mass is 16.5. The highest BCUT2D eigenvalue weighted by Gasteiger charge is 2.33. The topological polar surface area (TPSA) is 84.3 Å². The molecule has 2 N–H and O–H groups in total. The molecule has 0 amide bonds. The molecule has 1 aliphatic rings. The molecule has 1 aliphatic heterocycles. The van der Waals surface area contributed by atoms with Crippen molar-refractivity contribution in [1.29, 1.82) is 0 Å². The number of ether oxygens (including phenoxy) is 1. The van der Waals surface area contributed by atoms with Crippen molar-refractivity contribution in [2.75, 3.05) is 18.5 Å². The molecule has 0 bridgehead atoms. The number of rotatable bonds is 3. The standard InChI is InChI=1S/C13H19N3O3/c1-8-9(11(17)18)6-14-12(15-8)16-10-4-5-19-7-13(10,2)3/h6,10H,4-5,7H2,1-3H3,(H,17,18)(H,14,15,16). The summed E-state index contributed by atoms with van der Waals surface area (Å²) in [5, 5.41) is 12.2. The van der Waals surface area contributed by atoms with Gasteiger partial charge in [-0.1, -0.05) is 13.8 Å². The van der Waals surface area contributed by atoms with E-state index in [1.54, 1.807) is 6.92 Å². The number of carboxylic acids is 1. The summed E-state index contributed by atoms with van der Waals surface area (Å²) >= 11 is 0. The lowest BCUT2D eigenvalue weighted by molar-refractivity contribution is 0.00328. The van der Waals surface area contributed by atoms with Crippen LogP contribution in [0.5, 0.6) is 0 Å². The number of nitrogens with one attached hydrogen (secondary N) is 1. The van der Waals surface area contributed by atoms with Crippen LogP contribution in [0.3, 0.4) is 0 Å². The van der Waals surface area contributed by atoms with Crippen molar-refractivity contribution in [2.45, 2.75) is 33.2 Å². The number of aromatic carboxylic acids is 1. The van der Waals surface area contributed by atoms with Gasteiger partial charge >= 0.3 is 5.97 Å². The largest absolute Gasteiger partial charge is 0.478 e. The summed E-state index contributed by atoms with van der Waals surface area (Å²) in [6.45, 7) is 7.33. The van der Waals surface area contributed by atoms with Gasteiger partial charge < -0.3 is 15.2 Å². The summed E-state index contributed by atoms with van der Waals surface area (Å²) in [6.07, 6.45) is 2.23. The minimum atomic E-state index is -1.00. The summed E-state index contributed by atoms with van der Waals surface area (Å²) < 4.78 is 5.47. The zero-order valence-corrected chi connectivity index (χ0v) is 11.4. The van der Waals surface area contributed by atoms with Gasteiger partial charge in [0.2, 0.25) is 5.95 Å². The number of aromatic nitrogens is 2. The van der Waals surface area contributed by atoms with E-state index in [1.807, 2.05) is 0 Å². The van der Waals surface area contributed by atoms with Gasteiger partial charge in [0, 0.05) is 24.3 Å². The first kappa shape index (κ1) is 13.7. The smallest absolute Gasteiger partial charge is 0.339 e. The Morgan fingerprint density at radius 2 is 2.32 bits per heavy atom. The van der Waals surface area contributed by atoms with E-state index in [0.717, 1.165) is 6.42 Å². The van der Waals surface area contributed by atoms with Gasteiger partial charge in [-0.3, -0.25) is 0 Å². The van der Waals surface area contributed by atoms with Crippen molar-refractivity contribution < 1.29 is 14.6 Å². The molecule has 104 valence electrons. The zero-order valence-electron chi connectivity index (χ0n) is 11.4. The Kier molecular flexibility index (Phi) is 3.71. The molecular formula is C13H19N3O3. The molecule has 0 aliphatic carbocycles. The van der Waals surface area contributed by atoms with Gasteiger partial charge in [-0.05, 0) is 13.3 Å². The van der Waals surface area contributed by atoms with Crippen LogP contribution in [-0.2, 0) is 4.74 Å². The van der Waals surface area contributed by atoms with Gasteiger partial charge in [0.05, 0.1) is 17.9 Å². The molecule has 2 heterocycles. The van der Waals surface area contributed by atoms with Crippen molar-refractivity contribution in [1.82, 2.24) is 9.97 Å². The number of hydrogen-bond acceptors (Lipinski definition) is 5. The van der Waals surface area contributed by atoms with Crippen molar-refractivity contribution >= 4 is 11.9 Å². The van der Waals surface area contributed by atoms with E-state index < -0.39 is 5.97 Å². The van der Waals surface area contributed by atoms with Crippen LogP contribution in [0.4, 0.5) is 5.95 Å². The average molecular weight is 265 g/mol. The third-order valence-corrected chi connectivity index (χ3v) is 3.48. The lowest BCUT2D eigenvalue weighted by Gasteiger charge is -2.38. The number of carboxylic acid groups (broad SMARTS) is 1. The van der Waals surface area contributed by atoms with Crippen LogP contribution in [0.2, 0.25) is 0 Å². The van der Waals surface area contributed by atoms with E-state index in [9.17, 15) is 4.79 Å². The number of nitrogens with zero attached hydrogens (tertiary/aromatic N) is 2. The SMILES string of the molecule is Cc1nc(NC2CCOCC2(C)C)ncc1C(=O)O. The molecule has 6 nitrogen and oxygen atoms in total. The lowest BCUT2D eigenvalue weighted by Crippen LogP contribution is -2.44. The predicted octanol–water partition coefficient (Wildman–Crippen LogP) is 1.71. The van der Waals surface area contributed by atoms with Gasteiger partial charge in [0.1, 0.15) is 0 Å². The van der Waals surface area contributed by atoms with E-state index in [1.165, 1.54) is 6.20 Å². The fourth-order valence-electron chi connectivity index (χ4n) is 2.20. The first-order valence-electron chi connectivity index (χ1n) is 6.31. The monoisotopic (exact) mass is 265 g/mol. The van der Waals surface area contributed by atoms with Crippen LogP contribution in [0, 0.1) is 12.3 Å². The van der Waals surface area contributed by atoms with E-state index in [2.05, 4.69) is 29.1 Å². The fourth-order valence-corrected chi connectivity index (χ4v) is 2.20. The van der Waals surface area contributed by atoms with Crippen LogP contribution >= 0.6 is 0 Å². The van der Waals surface area contributed by atoms with Crippen LogP contribution in [0.15, 0.2) is 6.20 Å². The van der Waals surface area contributed by atoms with E-state index in [4.69, 9.17) is 9.84 Å². The van der Waals surface area contributed by atoms with Crippen molar-refractivity contribution in [3.05, 3.63) is 17.5 Å². The molecule has 0 aromatic carbocycles. The second kappa shape index (κ2) is 5.13. The highest BCUT2D eigenvalue weighted by molar-refractivity contribution is 5.88. The minimum absolute atomic E-state index is 0.000976. The summed E-state index contributed by atoms with van der Waals surface area (Å²) in [7, 11) is 0. The second-order valence-corrected chi connectivity index (χ2v) is 5.52. The third-order valence-electron chi connectivity index (χ3n) is 3.48. The van der Waals surface area contributed by atoms with Gasteiger partial charge in [0.25, 0.3) is 0 Å². The summed E-state index contributed by atoms with van der Waals surface area (Å²) in [5.74, 6) is -0.530.